The fourth-order valence-corrected chi connectivity index (χ4v) is 3.63. The van der Waals surface area contributed by atoms with Gasteiger partial charge in [0, 0.05) is 18.0 Å². The Bertz CT molecular complexity index is 770. The number of amides is 1. The van der Waals surface area contributed by atoms with Crippen LogP contribution in [0.3, 0.4) is 0 Å². The summed E-state index contributed by atoms with van der Waals surface area (Å²) in [5.74, 6) is 1.73. The quantitative estimate of drug-likeness (QED) is 0.671. The standard InChI is InChI=1S/C24H31NO4/c1-18-7-10-21(11-8-18)25-24(27)20-9-12-22(29-16-14-26)23(17-20)28-15-13-19-5-3-2-4-6-19/h2-6,9,12,17-18,21,26H,7-8,10-11,13-16H2,1H3,(H,25,27). The number of benzene rings is 2. The third-order valence-corrected chi connectivity index (χ3v) is 5.40. The number of hydrogen-bond donors (Lipinski definition) is 2. The van der Waals surface area contributed by atoms with Crippen molar-refractivity contribution in [2.24, 2.45) is 5.92 Å². The first-order valence-corrected chi connectivity index (χ1v) is 10.5. The van der Waals surface area contributed by atoms with Crippen LogP contribution in [0.2, 0.25) is 0 Å². The molecule has 1 amide bonds. The van der Waals surface area contributed by atoms with E-state index in [1.807, 2.05) is 18.2 Å². The van der Waals surface area contributed by atoms with Gasteiger partial charge in [-0.25, -0.2) is 0 Å². The lowest BCUT2D eigenvalue weighted by Gasteiger charge is -2.27. The van der Waals surface area contributed by atoms with E-state index in [0.717, 1.165) is 38.0 Å². The van der Waals surface area contributed by atoms with E-state index >= 15 is 0 Å². The number of carbonyl (C=O) groups excluding carboxylic acids is 1. The molecule has 1 aliphatic carbocycles. The smallest absolute Gasteiger partial charge is 0.251 e. The van der Waals surface area contributed by atoms with Crippen molar-refractivity contribution in [2.45, 2.75) is 45.1 Å². The zero-order chi connectivity index (χ0) is 20.5. The van der Waals surface area contributed by atoms with Gasteiger partial charge in [0.1, 0.15) is 6.61 Å². The molecule has 0 atom stereocenters. The van der Waals surface area contributed by atoms with Crippen molar-refractivity contribution in [3.05, 3.63) is 59.7 Å². The summed E-state index contributed by atoms with van der Waals surface area (Å²) in [5.41, 5.74) is 1.75. The number of ether oxygens (including phenoxy) is 2. The van der Waals surface area contributed by atoms with Crippen LogP contribution in [-0.4, -0.2) is 36.9 Å². The molecule has 1 aliphatic rings. The second-order valence-corrected chi connectivity index (χ2v) is 7.75. The predicted octanol–water partition coefficient (Wildman–Crippen LogP) is 3.99. The Balaban J connectivity index is 1.64. The summed E-state index contributed by atoms with van der Waals surface area (Å²) in [6, 6.07) is 15.6. The van der Waals surface area contributed by atoms with Gasteiger partial charge in [-0.1, -0.05) is 37.3 Å². The zero-order valence-electron chi connectivity index (χ0n) is 17.1. The summed E-state index contributed by atoms with van der Waals surface area (Å²) in [6.07, 6.45) is 5.15. The van der Waals surface area contributed by atoms with Crippen molar-refractivity contribution in [3.63, 3.8) is 0 Å². The Labute approximate surface area is 173 Å². The zero-order valence-corrected chi connectivity index (χ0v) is 17.1. The normalized spacial score (nSPS) is 18.8. The number of nitrogens with one attached hydrogen (secondary N) is 1. The molecule has 2 aromatic rings. The van der Waals surface area contributed by atoms with E-state index in [9.17, 15) is 4.79 Å². The maximum atomic E-state index is 12.7. The number of carbonyl (C=O) groups is 1. The largest absolute Gasteiger partial charge is 0.489 e. The van der Waals surface area contributed by atoms with Crippen LogP contribution in [0.4, 0.5) is 0 Å². The van der Waals surface area contributed by atoms with Crippen LogP contribution in [0.25, 0.3) is 0 Å². The SMILES string of the molecule is CC1CCC(NC(=O)c2ccc(OCCO)c(OCCc3ccccc3)c2)CC1. The molecule has 0 aliphatic heterocycles. The minimum absolute atomic E-state index is 0.0776. The molecule has 1 fully saturated rings. The Morgan fingerprint density at radius 2 is 1.72 bits per heavy atom. The molecule has 3 rings (SSSR count). The van der Waals surface area contributed by atoms with Crippen LogP contribution in [0.1, 0.15) is 48.5 Å². The maximum absolute atomic E-state index is 12.7. The van der Waals surface area contributed by atoms with Gasteiger partial charge in [-0.05, 0) is 55.4 Å². The molecule has 156 valence electrons. The highest BCUT2D eigenvalue weighted by Crippen LogP contribution is 2.29. The van der Waals surface area contributed by atoms with Crippen molar-refractivity contribution >= 4 is 5.91 Å². The molecule has 5 heteroatoms. The third kappa shape index (κ3) is 6.50. The van der Waals surface area contributed by atoms with Gasteiger partial charge in [-0.2, -0.15) is 0 Å². The van der Waals surface area contributed by atoms with Crippen LogP contribution in [0.15, 0.2) is 48.5 Å². The molecule has 2 aromatic carbocycles. The van der Waals surface area contributed by atoms with Gasteiger partial charge in [0.2, 0.25) is 0 Å². The Hall–Kier alpha value is -2.53. The summed E-state index contributed by atoms with van der Waals surface area (Å²) in [4.78, 5) is 12.7. The summed E-state index contributed by atoms with van der Waals surface area (Å²) in [6.45, 7) is 2.85. The summed E-state index contributed by atoms with van der Waals surface area (Å²) in [7, 11) is 0. The van der Waals surface area contributed by atoms with E-state index < -0.39 is 0 Å². The lowest BCUT2D eigenvalue weighted by atomic mass is 9.87. The van der Waals surface area contributed by atoms with Gasteiger partial charge in [0.05, 0.1) is 13.2 Å². The van der Waals surface area contributed by atoms with Crippen molar-refractivity contribution in [1.82, 2.24) is 5.32 Å². The molecule has 5 nitrogen and oxygen atoms in total. The third-order valence-electron chi connectivity index (χ3n) is 5.40. The van der Waals surface area contributed by atoms with Gasteiger partial charge >= 0.3 is 0 Å². The van der Waals surface area contributed by atoms with Crippen LogP contribution < -0.4 is 14.8 Å². The molecule has 0 saturated heterocycles. The van der Waals surface area contributed by atoms with Crippen molar-refractivity contribution in [1.29, 1.82) is 0 Å². The van der Waals surface area contributed by atoms with Gasteiger partial charge in [0.15, 0.2) is 11.5 Å². The first-order chi connectivity index (χ1) is 14.2. The van der Waals surface area contributed by atoms with E-state index in [1.165, 1.54) is 5.56 Å². The Morgan fingerprint density at radius 1 is 1.00 bits per heavy atom. The summed E-state index contributed by atoms with van der Waals surface area (Å²) < 4.78 is 11.5. The molecule has 0 spiro atoms. The first-order valence-electron chi connectivity index (χ1n) is 10.5. The van der Waals surface area contributed by atoms with Crippen molar-refractivity contribution < 1.29 is 19.4 Å². The molecule has 29 heavy (non-hydrogen) atoms. The van der Waals surface area contributed by atoms with Crippen LogP contribution in [-0.2, 0) is 6.42 Å². The molecule has 0 bridgehead atoms. The number of aliphatic hydroxyl groups excluding tert-OH is 1. The summed E-state index contributed by atoms with van der Waals surface area (Å²) >= 11 is 0. The molecule has 0 radical (unpaired) electrons. The average molecular weight is 398 g/mol. The molecular formula is C24H31NO4. The van der Waals surface area contributed by atoms with Crippen LogP contribution in [0.5, 0.6) is 11.5 Å². The van der Waals surface area contributed by atoms with E-state index in [0.29, 0.717) is 23.7 Å². The molecule has 1 saturated carbocycles. The van der Waals surface area contributed by atoms with Gasteiger partial charge in [-0.15, -0.1) is 0 Å². The molecular weight excluding hydrogens is 366 g/mol. The van der Waals surface area contributed by atoms with Crippen LogP contribution in [0, 0.1) is 5.92 Å². The fourth-order valence-electron chi connectivity index (χ4n) is 3.63. The van der Waals surface area contributed by atoms with Crippen molar-refractivity contribution in [2.75, 3.05) is 19.8 Å². The topological polar surface area (TPSA) is 67.8 Å². The van der Waals surface area contributed by atoms with E-state index in [4.69, 9.17) is 14.6 Å². The lowest BCUT2D eigenvalue weighted by molar-refractivity contribution is 0.0922. The second kappa shape index (κ2) is 10.9. The highest BCUT2D eigenvalue weighted by atomic mass is 16.5. The molecule has 2 N–H and O–H groups in total. The average Bonchev–Trinajstić information content (AvgIpc) is 2.75. The molecule has 0 unspecified atom stereocenters. The van der Waals surface area contributed by atoms with E-state index in [1.54, 1.807) is 18.2 Å². The predicted molar refractivity (Wildman–Crippen MR) is 114 cm³/mol. The number of rotatable bonds is 9. The number of hydrogen-bond acceptors (Lipinski definition) is 4. The molecule has 0 heterocycles. The maximum Gasteiger partial charge on any atom is 0.251 e. The van der Waals surface area contributed by atoms with Gasteiger partial charge in [0.25, 0.3) is 5.91 Å². The van der Waals surface area contributed by atoms with Crippen molar-refractivity contribution in [3.8, 4) is 11.5 Å². The number of aliphatic hydroxyl groups is 1. The Kier molecular flexibility index (Phi) is 7.94. The highest BCUT2D eigenvalue weighted by Gasteiger charge is 2.21. The monoisotopic (exact) mass is 397 g/mol. The van der Waals surface area contributed by atoms with E-state index in [2.05, 4.69) is 24.4 Å². The minimum Gasteiger partial charge on any atom is -0.489 e. The second-order valence-electron chi connectivity index (χ2n) is 7.75. The first kappa shape index (κ1) is 21.2. The molecule has 0 aromatic heterocycles. The van der Waals surface area contributed by atoms with E-state index in [-0.39, 0.29) is 25.2 Å². The lowest BCUT2D eigenvalue weighted by Crippen LogP contribution is -2.37. The highest BCUT2D eigenvalue weighted by molar-refractivity contribution is 5.95. The fraction of sp³-hybridized carbons (Fsp3) is 0.458. The van der Waals surface area contributed by atoms with Gasteiger partial charge < -0.3 is 19.9 Å². The minimum atomic E-state index is -0.0776. The summed E-state index contributed by atoms with van der Waals surface area (Å²) in [5, 5.41) is 12.2. The Morgan fingerprint density at radius 3 is 2.45 bits per heavy atom. The van der Waals surface area contributed by atoms with Crippen LogP contribution >= 0.6 is 0 Å². The van der Waals surface area contributed by atoms with Gasteiger partial charge in [-0.3, -0.25) is 4.79 Å².